The van der Waals surface area contributed by atoms with Gasteiger partial charge in [-0.1, -0.05) is 42.5 Å². The van der Waals surface area contributed by atoms with Gasteiger partial charge in [-0.3, -0.25) is 0 Å². The number of rotatable bonds is 0. The third-order valence-corrected chi connectivity index (χ3v) is 3.77. The minimum Gasteiger partial charge on any atom is -0.370 e. The molecule has 1 heterocycles. The Kier molecular flexibility index (Phi) is 1.60. The molecular weight excluding hydrogens is 206 g/mol. The molecular formula is C16H13N. The molecule has 0 saturated heterocycles. The van der Waals surface area contributed by atoms with Crippen molar-refractivity contribution in [2.75, 3.05) is 18.5 Å². The zero-order valence-electron chi connectivity index (χ0n) is 9.77. The van der Waals surface area contributed by atoms with Crippen LogP contribution in [0.25, 0.3) is 12.2 Å². The summed E-state index contributed by atoms with van der Waals surface area (Å²) in [6.07, 6.45) is 4.62. The molecule has 0 bridgehead atoms. The van der Waals surface area contributed by atoms with Crippen LogP contribution in [0.4, 0.5) is 5.69 Å². The highest BCUT2D eigenvalue weighted by Crippen LogP contribution is 2.22. The first-order valence-corrected chi connectivity index (χ1v) is 6.00. The van der Waals surface area contributed by atoms with Gasteiger partial charge in [-0.05, 0) is 27.0 Å². The van der Waals surface area contributed by atoms with Crippen LogP contribution in [0.15, 0.2) is 36.4 Å². The van der Waals surface area contributed by atoms with E-state index in [0.29, 0.717) is 0 Å². The topological polar surface area (TPSA) is 3.24 Å². The number of hydrogen-bond donors (Lipinski definition) is 0. The number of nitrogens with zero attached hydrogens (tertiary/aromatic N) is 1. The highest BCUT2D eigenvalue weighted by molar-refractivity contribution is 5.75. The zero-order valence-corrected chi connectivity index (χ0v) is 9.77. The van der Waals surface area contributed by atoms with Gasteiger partial charge in [0.25, 0.3) is 0 Å². The van der Waals surface area contributed by atoms with E-state index in [1.54, 1.807) is 0 Å². The molecule has 0 fully saturated rings. The van der Waals surface area contributed by atoms with Gasteiger partial charge in [0.1, 0.15) is 0 Å². The number of fused-ring (bicyclic) bond motifs is 4. The zero-order chi connectivity index (χ0) is 11.4. The summed E-state index contributed by atoms with van der Waals surface area (Å²) in [5.74, 6) is 0. The fourth-order valence-electron chi connectivity index (χ4n) is 2.95. The summed E-state index contributed by atoms with van der Waals surface area (Å²) in [5, 5.41) is 5.46. The standard InChI is InChI=1S/C16H13N/c1-17-9-8-11-6-7-14-13-5-3-2-4-12(13)10-15(14)16(11)17/h2-8,10H,9H2,1H3. The minimum absolute atomic E-state index is 1.02. The second-order valence-electron chi connectivity index (χ2n) is 4.78. The molecule has 4 rings (SSSR count). The quantitative estimate of drug-likeness (QED) is 0.551. The van der Waals surface area contributed by atoms with Crippen LogP contribution in [-0.2, 0) is 0 Å². The third-order valence-electron chi connectivity index (χ3n) is 3.77. The molecule has 0 atom stereocenters. The van der Waals surface area contributed by atoms with E-state index in [0.717, 1.165) is 6.54 Å². The highest BCUT2D eigenvalue weighted by Gasteiger charge is 2.15. The van der Waals surface area contributed by atoms with Crippen molar-refractivity contribution >= 4 is 17.8 Å². The van der Waals surface area contributed by atoms with Crippen molar-refractivity contribution in [2.24, 2.45) is 0 Å². The van der Waals surface area contributed by atoms with Crippen molar-refractivity contribution in [2.45, 2.75) is 0 Å². The van der Waals surface area contributed by atoms with E-state index >= 15 is 0 Å². The predicted molar refractivity (Wildman–Crippen MR) is 71.1 cm³/mol. The summed E-state index contributed by atoms with van der Waals surface area (Å²) in [4.78, 5) is 2.33. The molecule has 0 aromatic heterocycles. The second-order valence-corrected chi connectivity index (χ2v) is 4.78. The van der Waals surface area contributed by atoms with Crippen molar-refractivity contribution in [3.63, 3.8) is 0 Å². The summed E-state index contributed by atoms with van der Waals surface area (Å²) in [6.45, 7) is 1.02. The summed E-state index contributed by atoms with van der Waals surface area (Å²) in [5.41, 5.74) is 2.78. The molecule has 2 aliphatic rings. The lowest BCUT2D eigenvalue weighted by molar-refractivity contribution is 1.08. The van der Waals surface area contributed by atoms with Crippen LogP contribution in [0, 0.1) is 10.4 Å². The van der Waals surface area contributed by atoms with Gasteiger partial charge < -0.3 is 4.90 Å². The van der Waals surface area contributed by atoms with Crippen LogP contribution in [0.3, 0.4) is 0 Å². The maximum Gasteiger partial charge on any atom is 0.0517 e. The van der Waals surface area contributed by atoms with E-state index in [2.05, 4.69) is 60.5 Å². The van der Waals surface area contributed by atoms with E-state index in [9.17, 15) is 0 Å². The molecule has 82 valence electrons. The van der Waals surface area contributed by atoms with Crippen molar-refractivity contribution in [3.05, 3.63) is 62.8 Å². The van der Waals surface area contributed by atoms with Crippen LogP contribution in [0.1, 0.15) is 5.56 Å². The first kappa shape index (κ1) is 9.06. The van der Waals surface area contributed by atoms with Crippen LogP contribution >= 0.6 is 0 Å². The maximum absolute atomic E-state index is 2.33. The SMILES string of the molecule is CN1CC=c2ccc3c(c21)C=c1ccccc1=3. The summed E-state index contributed by atoms with van der Waals surface area (Å²) in [7, 11) is 2.17. The Morgan fingerprint density at radius 1 is 0.941 bits per heavy atom. The van der Waals surface area contributed by atoms with Crippen LogP contribution < -0.4 is 15.3 Å². The van der Waals surface area contributed by atoms with E-state index in [1.807, 2.05) is 0 Å². The summed E-state index contributed by atoms with van der Waals surface area (Å²) < 4.78 is 0. The van der Waals surface area contributed by atoms with Crippen molar-refractivity contribution in [1.82, 2.24) is 0 Å². The number of anilines is 1. The Labute approximate surface area is 99.6 Å². The molecule has 0 radical (unpaired) electrons. The molecule has 0 amide bonds. The average molecular weight is 219 g/mol. The van der Waals surface area contributed by atoms with Crippen LogP contribution in [0.2, 0.25) is 0 Å². The second kappa shape index (κ2) is 3.01. The molecule has 1 aliphatic heterocycles. The van der Waals surface area contributed by atoms with Crippen molar-refractivity contribution in [1.29, 1.82) is 0 Å². The van der Waals surface area contributed by atoms with Crippen LogP contribution in [-0.4, -0.2) is 13.6 Å². The van der Waals surface area contributed by atoms with Gasteiger partial charge in [0, 0.05) is 19.2 Å². The fourth-order valence-corrected chi connectivity index (χ4v) is 2.95. The first-order chi connectivity index (χ1) is 8.34. The van der Waals surface area contributed by atoms with E-state index in [4.69, 9.17) is 0 Å². The Bertz CT molecular complexity index is 831. The Morgan fingerprint density at radius 2 is 1.82 bits per heavy atom. The molecule has 0 N–H and O–H groups in total. The normalized spacial score (nSPS) is 14.8. The summed E-state index contributed by atoms with van der Waals surface area (Å²) >= 11 is 0. The fraction of sp³-hybridized carbons (Fsp3) is 0.125. The van der Waals surface area contributed by atoms with E-state index in [1.165, 1.54) is 32.1 Å². The highest BCUT2D eigenvalue weighted by atomic mass is 15.1. The molecule has 1 heteroatoms. The maximum atomic E-state index is 2.33. The largest absolute Gasteiger partial charge is 0.370 e. The minimum atomic E-state index is 1.02. The molecule has 0 unspecified atom stereocenters. The van der Waals surface area contributed by atoms with E-state index in [-0.39, 0.29) is 0 Å². The summed E-state index contributed by atoms with van der Waals surface area (Å²) in [6, 6.07) is 13.1. The Morgan fingerprint density at radius 3 is 2.76 bits per heavy atom. The van der Waals surface area contributed by atoms with Gasteiger partial charge in [-0.25, -0.2) is 0 Å². The Balaban J connectivity index is 2.27. The smallest absolute Gasteiger partial charge is 0.0517 e. The van der Waals surface area contributed by atoms with Gasteiger partial charge in [0.05, 0.1) is 5.69 Å². The van der Waals surface area contributed by atoms with E-state index < -0.39 is 0 Å². The third kappa shape index (κ3) is 1.09. The number of benzene rings is 2. The molecule has 1 nitrogen and oxygen atoms in total. The Hall–Kier alpha value is -2.02. The first-order valence-electron chi connectivity index (χ1n) is 6.00. The van der Waals surface area contributed by atoms with Crippen molar-refractivity contribution < 1.29 is 0 Å². The lowest BCUT2D eigenvalue weighted by Gasteiger charge is -2.14. The lowest BCUT2D eigenvalue weighted by Crippen LogP contribution is -2.16. The van der Waals surface area contributed by atoms with Crippen LogP contribution in [0.5, 0.6) is 0 Å². The molecule has 2 aromatic rings. The van der Waals surface area contributed by atoms with Gasteiger partial charge in [-0.2, -0.15) is 0 Å². The predicted octanol–water partition coefficient (Wildman–Crippen LogP) is 1.35. The monoisotopic (exact) mass is 219 g/mol. The molecule has 17 heavy (non-hydrogen) atoms. The molecule has 0 saturated carbocycles. The molecule has 1 aliphatic carbocycles. The molecule has 0 spiro atoms. The van der Waals surface area contributed by atoms with Gasteiger partial charge >= 0.3 is 0 Å². The molecule has 2 aromatic carbocycles. The van der Waals surface area contributed by atoms with Crippen molar-refractivity contribution in [3.8, 4) is 0 Å². The number of hydrogen-bond acceptors (Lipinski definition) is 1. The van der Waals surface area contributed by atoms with Gasteiger partial charge in [0.2, 0.25) is 0 Å². The lowest BCUT2D eigenvalue weighted by atomic mass is 10.1. The average Bonchev–Trinajstić information content (AvgIpc) is 2.90. The van der Waals surface area contributed by atoms with Gasteiger partial charge in [0.15, 0.2) is 0 Å². The van der Waals surface area contributed by atoms with Gasteiger partial charge in [-0.15, -0.1) is 0 Å².